The molecule has 2 amide bonds. The lowest BCUT2D eigenvalue weighted by Gasteiger charge is -2.31. The predicted octanol–water partition coefficient (Wildman–Crippen LogP) is 2.89. The topological polar surface area (TPSA) is 50.8 Å². The Bertz CT molecular complexity index is 555. The second-order valence-electron chi connectivity index (χ2n) is 5.76. The molecule has 22 heavy (non-hydrogen) atoms. The SMILES string of the molecule is CCN(CC)C(=O)NC1CCCc2cc3c(cc21)OCCO3. The predicted molar refractivity (Wildman–Crippen MR) is 84.6 cm³/mol. The van der Waals surface area contributed by atoms with Crippen LogP contribution in [-0.4, -0.2) is 37.2 Å². The summed E-state index contributed by atoms with van der Waals surface area (Å²) in [6, 6.07) is 4.21. The van der Waals surface area contributed by atoms with Gasteiger partial charge in [0.2, 0.25) is 0 Å². The first-order valence-electron chi connectivity index (χ1n) is 8.20. The fourth-order valence-electron chi connectivity index (χ4n) is 3.24. The van der Waals surface area contributed by atoms with Crippen molar-refractivity contribution in [1.29, 1.82) is 0 Å². The number of aryl methyl sites for hydroxylation is 1. The molecule has 3 rings (SSSR count). The van der Waals surface area contributed by atoms with Crippen LogP contribution in [0, 0.1) is 0 Å². The number of nitrogens with one attached hydrogen (secondary N) is 1. The molecule has 2 aliphatic rings. The summed E-state index contributed by atoms with van der Waals surface area (Å²) >= 11 is 0. The quantitative estimate of drug-likeness (QED) is 0.934. The summed E-state index contributed by atoms with van der Waals surface area (Å²) < 4.78 is 11.3. The van der Waals surface area contributed by atoms with Crippen molar-refractivity contribution in [1.82, 2.24) is 10.2 Å². The Hall–Kier alpha value is -1.91. The highest BCUT2D eigenvalue weighted by atomic mass is 16.6. The zero-order chi connectivity index (χ0) is 15.5. The first kappa shape index (κ1) is 15.0. The fraction of sp³-hybridized carbons (Fsp3) is 0.588. The fourth-order valence-corrected chi connectivity index (χ4v) is 3.24. The normalized spacial score (nSPS) is 19.3. The molecule has 1 heterocycles. The number of benzene rings is 1. The summed E-state index contributed by atoms with van der Waals surface area (Å²) in [7, 11) is 0. The van der Waals surface area contributed by atoms with Gasteiger partial charge in [0.1, 0.15) is 13.2 Å². The van der Waals surface area contributed by atoms with Gasteiger partial charge in [0, 0.05) is 13.1 Å². The van der Waals surface area contributed by atoms with Gasteiger partial charge in [-0.15, -0.1) is 0 Å². The summed E-state index contributed by atoms with van der Waals surface area (Å²) in [4.78, 5) is 14.1. The Kier molecular flexibility index (Phi) is 4.41. The van der Waals surface area contributed by atoms with Gasteiger partial charge in [-0.3, -0.25) is 0 Å². The smallest absolute Gasteiger partial charge is 0.317 e. The van der Waals surface area contributed by atoms with Gasteiger partial charge in [-0.05, 0) is 56.4 Å². The number of carbonyl (C=O) groups is 1. The van der Waals surface area contributed by atoms with E-state index < -0.39 is 0 Å². The highest BCUT2D eigenvalue weighted by molar-refractivity contribution is 5.75. The standard InChI is InChI=1S/C17H24N2O3/c1-3-19(4-2)17(20)18-14-7-5-6-12-10-15-16(11-13(12)14)22-9-8-21-15/h10-11,14H,3-9H2,1-2H3,(H,18,20). The summed E-state index contributed by atoms with van der Waals surface area (Å²) in [6.07, 6.45) is 3.08. The molecule has 0 saturated carbocycles. The monoisotopic (exact) mass is 304 g/mol. The number of nitrogens with zero attached hydrogens (tertiary/aromatic N) is 1. The van der Waals surface area contributed by atoms with Crippen molar-refractivity contribution < 1.29 is 14.3 Å². The Morgan fingerprint density at radius 1 is 1.23 bits per heavy atom. The molecular weight excluding hydrogens is 280 g/mol. The molecule has 120 valence electrons. The van der Waals surface area contributed by atoms with Crippen LogP contribution in [0.1, 0.15) is 43.9 Å². The second-order valence-corrected chi connectivity index (χ2v) is 5.76. The first-order valence-corrected chi connectivity index (χ1v) is 8.20. The maximum atomic E-state index is 12.3. The molecule has 1 aliphatic heterocycles. The van der Waals surface area contributed by atoms with Crippen molar-refractivity contribution in [3.63, 3.8) is 0 Å². The van der Waals surface area contributed by atoms with Crippen molar-refractivity contribution in [2.24, 2.45) is 0 Å². The summed E-state index contributed by atoms with van der Waals surface area (Å²) in [5.41, 5.74) is 2.44. The molecule has 1 aromatic rings. The molecule has 5 heteroatoms. The molecule has 5 nitrogen and oxygen atoms in total. The van der Waals surface area contributed by atoms with Crippen LogP contribution in [0.15, 0.2) is 12.1 Å². The molecule has 0 bridgehead atoms. The van der Waals surface area contributed by atoms with E-state index in [0.29, 0.717) is 13.2 Å². The van der Waals surface area contributed by atoms with Crippen molar-refractivity contribution >= 4 is 6.03 Å². The minimum atomic E-state index is 0.0118. The van der Waals surface area contributed by atoms with Crippen molar-refractivity contribution in [3.8, 4) is 11.5 Å². The molecule has 0 fully saturated rings. The summed E-state index contributed by atoms with van der Waals surface area (Å²) in [6.45, 7) is 6.64. The third-order valence-corrected chi connectivity index (χ3v) is 4.47. The van der Waals surface area contributed by atoms with Gasteiger partial charge in [0.25, 0.3) is 0 Å². The van der Waals surface area contributed by atoms with Crippen LogP contribution in [0.5, 0.6) is 11.5 Å². The van der Waals surface area contributed by atoms with E-state index in [1.807, 2.05) is 18.7 Å². The highest BCUT2D eigenvalue weighted by Gasteiger charge is 2.26. The van der Waals surface area contributed by atoms with Crippen LogP contribution in [-0.2, 0) is 6.42 Å². The van der Waals surface area contributed by atoms with Gasteiger partial charge in [0.15, 0.2) is 11.5 Å². The molecule has 0 saturated heterocycles. The number of ether oxygens (including phenoxy) is 2. The Morgan fingerprint density at radius 2 is 1.91 bits per heavy atom. The maximum Gasteiger partial charge on any atom is 0.317 e. The molecule has 1 atom stereocenters. The Balaban J connectivity index is 1.83. The van der Waals surface area contributed by atoms with Gasteiger partial charge in [-0.25, -0.2) is 4.79 Å². The van der Waals surface area contributed by atoms with Crippen LogP contribution in [0.25, 0.3) is 0 Å². The lowest BCUT2D eigenvalue weighted by Crippen LogP contribution is -2.42. The molecule has 0 radical (unpaired) electrons. The third-order valence-electron chi connectivity index (χ3n) is 4.47. The molecule has 1 N–H and O–H groups in total. The third kappa shape index (κ3) is 2.85. The van der Waals surface area contributed by atoms with Crippen LogP contribution in [0.4, 0.5) is 4.79 Å². The molecule has 0 aromatic heterocycles. The van der Waals surface area contributed by atoms with Crippen LogP contribution in [0.3, 0.4) is 0 Å². The van der Waals surface area contributed by atoms with Crippen LogP contribution < -0.4 is 14.8 Å². The molecule has 1 aromatic carbocycles. The maximum absolute atomic E-state index is 12.3. The van der Waals surface area contributed by atoms with Gasteiger partial charge in [-0.2, -0.15) is 0 Å². The largest absolute Gasteiger partial charge is 0.486 e. The van der Waals surface area contributed by atoms with E-state index in [2.05, 4.69) is 17.4 Å². The summed E-state index contributed by atoms with van der Waals surface area (Å²) in [5, 5.41) is 3.17. The number of hydrogen-bond acceptors (Lipinski definition) is 3. The van der Waals surface area contributed by atoms with Gasteiger partial charge < -0.3 is 19.7 Å². The Labute approximate surface area is 131 Å². The minimum absolute atomic E-state index is 0.0118. The molecule has 1 unspecified atom stereocenters. The lowest BCUT2D eigenvalue weighted by molar-refractivity contribution is 0.170. The number of rotatable bonds is 3. The first-order chi connectivity index (χ1) is 10.7. The van der Waals surface area contributed by atoms with Crippen molar-refractivity contribution in [3.05, 3.63) is 23.3 Å². The van der Waals surface area contributed by atoms with E-state index in [1.165, 1.54) is 11.1 Å². The number of urea groups is 1. The van der Waals surface area contributed by atoms with Gasteiger partial charge in [0.05, 0.1) is 6.04 Å². The van der Waals surface area contributed by atoms with Gasteiger partial charge in [-0.1, -0.05) is 0 Å². The van der Waals surface area contributed by atoms with Gasteiger partial charge >= 0.3 is 6.03 Å². The van der Waals surface area contributed by atoms with E-state index in [-0.39, 0.29) is 12.1 Å². The zero-order valence-electron chi connectivity index (χ0n) is 13.4. The van der Waals surface area contributed by atoms with E-state index in [0.717, 1.165) is 43.9 Å². The second kappa shape index (κ2) is 6.46. The number of carbonyl (C=O) groups excluding carboxylic acids is 1. The van der Waals surface area contributed by atoms with E-state index >= 15 is 0 Å². The van der Waals surface area contributed by atoms with E-state index in [1.54, 1.807) is 0 Å². The molecule has 0 spiro atoms. The number of fused-ring (bicyclic) bond motifs is 2. The average molecular weight is 304 g/mol. The molecular formula is C17H24N2O3. The van der Waals surface area contributed by atoms with E-state index in [9.17, 15) is 4.79 Å². The zero-order valence-corrected chi connectivity index (χ0v) is 13.4. The van der Waals surface area contributed by atoms with E-state index in [4.69, 9.17) is 9.47 Å². The number of amides is 2. The Morgan fingerprint density at radius 3 is 2.59 bits per heavy atom. The molecule has 1 aliphatic carbocycles. The van der Waals surface area contributed by atoms with Crippen LogP contribution >= 0.6 is 0 Å². The summed E-state index contributed by atoms with van der Waals surface area (Å²) in [5.74, 6) is 1.63. The van der Waals surface area contributed by atoms with Crippen LogP contribution in [0.2, 0.25) is 0 Å². The van der Waals surface area contributed by atoms with Crippen molar-refractivity contribution in [2.75, 3.05) is 26.3 Å². The average Bonchev–Trinajstić information content (AvgIpc) is 2.54. The van der Waals surface area contributed by atoms with Crippen molar-refractivity contribution in [2.45, 2.75) is 39.2 Å². The lowest BCUT2D eigenvalue weighted by atomic mass is 9.87. The highest BCUT2D eigenvalue weighted by Crippen LogP contribution is 2.39. The number of hydrogen-bond donors (Lipinski definition) is 1. The minimum Gasteiger partial charge on any atom is -0.486 e.